The Balaban J connectivity index is 2.63. The highest BCUT2D eigenvalue weighted by atomic mass is 16.6. The molecule has 0 bridgehead atoms. The first-order valence-electron chi connectivity index (χ1n) is 13.1. The monoisotopic (exact) mass is 519 g/mol. The van der Waals surface area contributed by atoms with Gasteiger partial charge in [0, 0.05) is 24.1 Å². The average Bonchev–Trinajstić information content (AvgIpc) is 2.85. The zero-order chi connectivity index (χ0) is 28.5. The molecule has 2 rings (SSSR count). The summed E-state index contributed by atoms with van der Waals surface area (Å²) in [4.78, 5) is 42.5. The Bertz CT molecular complexity index is 1130. The van der Waals surface area contributed by atoms with Crippen LogP contribution >= 0.6 is 0 Å². The van der Waals surface area contributed by atoms with E-state index in [1.165, 1.54) is 0 Å². The standard InChI is InChI=1S/C31H41N3O4/c1-9-22(5)34(27(28(35)32-21(3)4)25-19-15-14-18-24(25)10-2)29(36)26(20-23-16-12-11-13-17-23)33-30(37)38-31(6,7)8/h2,11-19,21-22,26-27H,9,20H2,1,3-8H3,(H,32,35)(H,33,37). The van der Waals surface area contributed by atoms with Crippen LogP contribution in [0.15, 0.2) is 54.6 Å². The molecule has 0 radical (unpaired) electrons. The average molecular weight is 520 g/mol. The molecular formula is C31H41N3O4. The third-order valence-electron chi connectivity index (χ3n) is 5.96. The molecule has 0 saturated carbocycles. The van der Waals surface area contributed by atoms with E-state index in [-0.39, 0.29) is 24.4 Å². The molecule has 0 aliphatic carbocycles. The van der Waals surface area contributed by atoms with Crippen molar-refractivity contribution in [2.75, 3.05) is 0 Å². The van der Waals surface area contributed by atoms with E-state index in [0.717, 1.165) is 5.56 Å². The minimum absolute atomic E-state index is 0.156. The highest BCUT2D eigenvalue weighted by molar-refractivity contribution is 5.93. The maximum atomic E-state index is 14.4. The van der Waals surface area contributed by atoms with E-state index in [2.05, 4.69) is 16.6 Å². The van der Waals surface area contributed by atoms with Gasteiger partial charge in [-0.25, -0.2) is 4.79 Å². The van der Waals surface area contributed by atoms with E-state index in [4.69, 9.17) is 11.2 Å². The minimum atomic E-state index is -0.995. The summed E-state index contributed by atoms with van der Waals surface area (Å²) in [5.74, 6) is 1.92. The molecule has 0 aromatic heterocycles. The number of nitrogens with zero attached hydrogens (tertiary/aromatic N) is 1. The van der Waals surface area contributed by atoms with Crippen LogP contribution in [0.5, 0.6) is 0 Å². The fraction of sp³-hybridized carbons (Fsp3) is 0.452. The molecule has 7 nitrogen and oxygen atoms in total. The smallest absolute Gasteiger partial charge is 0.408 e. The maximum Gasteiger partial charge on any atom is 0.408 e. The van der Waals surface area contributed by atoms with Gasteiger partial charge >= 0.3 is 6.09 Å². The van der Waals surface area contributed by atoms with E-state index in [1.54, 1.807) is 49.9 Å². The van der Waals surface area contributed by atoms with Gasteiger partial charge in [-0.05, 0) is 65.2 Å². The van der Waals surface area contributed by atoms with Crippen molar-refractivity contribution >= 4 is 17.9 Å². The molecule has 0 spiro atoms. The second-order valence-electron chi connectivity index (χ2n) is 10.7. The summed E-state index contributed by atoms with van der Waals surface area (Å²) in [5.41, 5.74) is 1.19. The predicted octanol–water partition coefficient (Wildman–Crippen LogP) is 5.00. The normalized spacial score (nSPS) is 13.6. The molecule has 0 aliphatic heterocycles. The number of nitrogens with one attached hydrogen (secondary N) is 2. The van der Waals surface area contributed by atoms with Crippen LogP contribution in [0, 0.1) is 12.3 Å². The zero-order valence-corrected chi connectivity index (χ0v) is 23.6. The van der Waals surface area contributed by atoms with Crippen molar-refractivity contribution in [3.8, 4) is 12.3 Å². The van der Waals surface area contributed by atoms with Crippen LogP contribution in [0.4, 0.5) is 4.79 Å². The first-order chi connectivity index (χ1) is 17.9. The molecule has 0 heterocycles. The molecule has 2 aromatic rings. The number of carbonyl (C=O) groups excluding carboxylic acids is 3. The van der Waals surface area contributed by atoms with Crippen molar-refractivity contribution < 1.29 is 19.1 Å². The van der Waals surface area contributed by atoms with Crippen LogP contribution in [0.2, 0.25) is 0 Å². The van der Waals surface area contributed by atoms with Gasteiger partial charge in [0.25, 0.3) is 0 Å². The lowest BCUT2D eigenvalue weighted by atomic mass is 9.94. The number of terminal acetylenes is 1. The number of benzene rings is 2. The fourth-order valence-electron chi connectivity index (χ4n) is 4.12. The maximum absolute atomic E-state index is 14.4. The van der Waals surface area contributed by atoms with E-state index < -0.39 is 29.7 Å². The van der Waals surface area contributed by atoms with Gasteiger partial charge in [0.05, 0.1) is 0 Å². The SMILES string of the molecule is C#Cc1ccccc1C(C(=O)NC(C)C)N(C(=O)C(Cc1ccccc1)NC(=O)OC(C)(C)C)C(C)CC. The van der Waals surface area contributed by atoms with Gasteiger partial charge in [0.1, 0.15) is 17.7 Å². The van der Waals surface area contributed by atoms with E-state index >= 15 is 0 Å². The van der Waals surface area contributed by atoms with Crippen molar-refractivity contribution in [2.24, 2.45) is 0 Å². The van der Waals surface area contributed by atoms with Gasteiger partial charge in [0.15, 0.2) is 0 Å². The van der Waals surface area contributed by atoms with Crippen LogP contribution in [-0.2, 0) is 20.7 Å². The van der Waals surface area contributed by atoms with E-state index in [0.29, 0.717) is 17.5 Å². The Morgan fingerprint density at radius 2 is 1.58 bits per heavy atom. The molecule has 3 atom stereocenters. The van der Waals surface area contributed by atoms with Crippen LogP contribution in [0.3, 0.4) is 0 Å². The van der Waals surface area contributed by atoms with E-state index in [1.807, 2.05) is 58.0 Å². The number of rotatable bonds is 10. The van der Waals surface area contributed by atoms with Gasteiger partial charge < -0.3 is 20.3 Å². The van der Waals surface area contributed by atoms with Crippen molar-refractivity contribution in [1.29, 1.82) is 0 Å². The van der Waals surface area contributed by atoms with Crippen molar-refractivity contribution in [3.63, 3.8) is 0 Å². The lowest BCUT2D eigenvalue weighted by Gasteiger charge is -2.39. The first-order valence-corrected chi connectivity index (χ1v) is 13.1. The first kappa shape index (κ1) is 30.4. The topological polar surface area (TPSA) is 87.7 Å². The van der Waals surface area contributed by atoms with E-state index in [9.17, 15) is 14.4 Å². The molecule has 2 N–H and O–H groups in total. The lowest BCUT2D eigenvalue weighted by Crippen LogP contribution is -2.56. The number of hydrogen-bond acceptors (Lipinski definition) is 4. The Hall–Kier alpha value is -3.79. The summed E-state index contributed by atoms with van der Waals surface area (Å²) in [6.45, 7) is 12.8. The molecule has 0 aliphatic rings. The highest BCUT2D eigenvalue weighted by Crippen LogP contribution is 2.29. The second-order valence-corrected chi connectivity index (χ2v) is 10.7. The molecule has 2 aromatic carbocycles. The number of hydrogen-bond donors (Lipinski definition) is 2. The predicted molar refractivity (Wildman–Crippen MR) is 150 cm³/mol. The quantitative estimate of drug-likeness (QED) is 0.433. The molecule has 7 heteroatoms. The fourth-order valence-corrected chi connectivity index (χ4v) is 4.12. The summed E-state index contributed by atoms with van der Waals surface area (Å²) in [7, 11) is 0. The summed E-state index contributed by atoms with van der Waals surface area (Å²) >= 11 is 0. The van der Waals surface area contributed by atoms with Crippen molar-refractivity contribution in [3.05, 3.63) is 71.3 Å². The summed E-state index contributed by atoms with van der Waals surface area (Å²) in [6.07, 6.45) is 5.90. The molecular weight excluding hydrogens is 478 g/mol. The van der Waals surface area contributed by atoms with Crippen molar-refractivity contribution in [1.82, 2.24) is 15.5 Å². The van der Waals surface area contributed by atoms with Crippen molar-refractivity contribution in [2.45, 2.75) is 91.1 Å². The molecule has 3 unspecified atom stereocenters. The second kappa shape index (κ2) is 13.7. The van der Waals surface area contributed by atoms with Gasteiger partial charge in [-0.3, -0.25) is 9.59 Å². The Morgan fingerprint density at radius 1 is 0.974 bits per heavy atom. The third-order valence-corrected chi connectivity index (χ3v) is 5.96. The Labute approximate surface area is 227 Å². The Morgan fingerprint density at radius 3 is 2.13 bits per heavy atom. The number of ether oxygens (including phenoxy) is 1. The lowest BCUT2D eigenvalue weighted by molar-refractivity contribution is -0.145. The van der Waals surface area contributed by atoms with Gasteiger partial charge in [-0.15, -0.1) is 6.42 Å². The molecule has 204 valence electrons. The Kier molecular flexibility index (Phi) is 10.9. The summed E-state index contributed by atoms with van der Waals surface area (Å²) < 4.78 is 5.48. The third kappa shape index (κ3) is 8.65. The molecule has 3 amide bonds. The molecule has 38 heavy (non-hydrogen) atoms. The molecule has 0 fully saturated rings. The number of carbonyl (C=O) groups is 3. The number of alkyl carbamates (subject to hydrolysis) is 1. The van der Waals surface area contributed by atoms with Gasteiger partial charge in [0.2, 0.25) is 11.8 Å². The van der Waals surface area contributed by atoms with Gasteiger partial charge in [-0.2, -0.15) is 0 Å². The highest BCUT2D eigenvalue weighted by Gasteiger charge is 2.39. The number of amides is 3. The zero-order valence-electron chi connectivity index (χ0n) is 23.6. The van der Waals surface area contributed by atoms with Crippen LogP contribution in [0.1, 0.15) is 77.6 Å². The van der Waals surface area contributed by atoms with Crippen LogP contribution in [-0.4, -0.2) is 46.5 Å². The summed E-state index contributed by atoms with van der Waals surface area (Å²) in [6, 6.07) is 14.1. The van der Waals surface area contributed by atoms with Gasteiger partial charge in [-0.1, -0.05) is 61.4 Å². The van der Waals surface area contributed by atoms with Crippen LogP contribution < -0.4 is 10.6 Å². The minimum Gasteiger partial charge on any atom is -0.444 e. The summed E-state index contributed by atoms with van der Waals surface area (Å²) in [5, 5.41) is 5.73. The molecule has 0 saturated heterocycles. The largest absolute Gasteiger partial charge is 0.444 e. The van der Waals surface area contributed by atoms with Crippen LogP contribution in [0.25, 0.3) is 0 Å².